The average Bonchev–Trinajstić information content (AvgIpc) is 2.83. The molecular formula is C22H35N5O11S. The lowest BCUT2D eigenvalue weighted by molar-refractivity contribution is -0.144. The lowest BCUT2D eigenvalue weighted by Crippen LogP contribution is -2.59. The molecule has 0 rings (SSSR count). The molecule has 0 aromatic rings. The Morgan fingerprint density at radius 1 is 0.718 bits per heavy atom. The Morgan fingerprint density at radius 2 is 1.08 bits per heavy atom. The van der Waals surface area contributed by atoms with Crippen molar-refractivity contribution in [1.82, 2.24) is 21.3 Å². The van der Waals surface area contributed by atoms with E-state index in [4.69, 9.17) is 15.9 Å². The normalized spacial score (nSPS) is 14.6. The van der Waals surface area contributed by atoms with Crippen LogP contribution in [0.1, 0.15) is 39.5 Å². The van der Waals surface area contributed by atoms with Crippen LogP contribution in [-0.4, -0.2) is 105 Å². The van der Waals surface area contributed by atoms with E-state index in [0.29, 0.717) is 12.0 Å². The first-order valence-corrected chi connectivity index (χ1v) is 13.1. The van der Waals surface area contributed by atoms with Crippen LogP contribution < -0.4 is 27.0 Å². The Morgan fingerprint density at radius 3 is 1.38 bits per heavy atom. The van der Waals surface area contributed by atoms with Crippen molar-refractivity contribution in [2.45, 2.75) is 69.7 Å². The van der Waals surface area contributed by atoms with E-state index in [0.717, 1.165) is 0 Å². The van der Waals surface area contributed by atoms with Gasteiger partial charge < -0.3 is 47.1 Å². The molecule has 0 aliphatic rings. The summed E-state index contributed by atoms with van der Waals surface area (Å²) >= 11 is 1.39. The third-order valence-corrected chi connectivity index (χ3v) is 5.83. The first-order valence-electron chi connectivity index (χ1n) is 11.7. The van der Waals surface area contributed by atoms with Gasteiger partial charge in [-0.15, -0.1) is 0 Å². The summed E-state index contributed by atoms with van der Waals surface area (Å²) in [6.07, 6.45) is -0.495. The molecule has 0 fully saturated rings. The van der Waals surface area contributed by atoms with E-state index < -0.39 is 91.0 Å². The smallest absolute Gasteiger partial charge is 0.305 e. The minimum absolute atomic E-state index is 0.221. The van der Waals surface area contributed by atoms with Gasteiger partial charge >= 0.3 is 17.9 Å². The molecule has 0 aliphatic heterocycles. The number of carboxylic acids is 3. The number of thioether (sulfide) groups is 1. The SMILES string of the molecule is CSCC[C@@H](C=O)NC(=O)[C@H](CC(=O)O)NC(=O)[C@H](CC(=O)O)NC(=O)[C@H](CC(=O)O)NC(=O)[C@@H](N)C(C)C. The van der Waals surface area contributed by atoms with Crippen molar-refractivity contribution in [2.75, 3.05) is 12.0 Å². The van der Waals surface area contributed by atoms with Gasteiger partial charge in [0, 0.05) is 0 Å². The van der Waals surface area contributed by atoms with Crippen molar-refractivity contribution >= 4 is 59.6 Å². The fraction of sp³-hybridized carbons (Fsp3) is 0.636. The highest BCUT2D eigenvalue weighted by atomic mass is 32.2. The summed E-state index contributed by atoms with van der Waals surface area (Å²) in [5, 5.41) is 36.0. The molecule has 0 unspecified atom stereocenters. The van der Waals surface area contributed by atoms with Crippen LogP contribution in [0.5, 0.6) is 0 Å². The maximum absolute atomic E-state index is 12.8. The lowest BCUT2D eigenvalue weighted by atomic mass is 10.0. The number of rotatable bonds is 19. The highest BCUT2D eigenvalue weighted by molar-refractivity contribution is 7.98. The van der Waals surface area contributed by atoms with Crippen LogP contribution >= 0.6 is 11.8 Å². The molecular weight excluding hydrogens is 542 g/mol. The highest BCUT2D eigenvalue weighted by Gasteiger charge is 2.34. The molecule has 16 nitrogen and oxygen atoms in total. The van der Waals surface area contributed by atoms with Gasteiger partial charge in [-0.2, -0.15) is 11.8 Å². The Hall–Kier alpha value is -3.73. The second-order valence-corrected chi connectivity index (χ2v) is 9.77. The van der Waals surface area contributed by atoms with E-state index in [1.807, 2.05) is 10.6 Å². The van der Waals surface area contributed by atoms with Crippen molar-refractivity contribution in [3.05, 3.63) is 0 Å². The predicted octanol–water partition coefficient (Wildman–Crippen LogP) is -2.71. The molecule has 0 saturated carbocycles. The Balaban J connectivity index is 5.81. The van der Waals surface area contributed by atoms with Crippen molar-refractivity contribution in [2.24, 2.45) is 11.7 Å². The molecule has 0 radical (unpaired) electrons. The fourth-order valence-electron chi connectivity index (χ4n) is 2.97. The zero-order valence-corrected chi connectivity index (χ0v) is 22.5. The van der Waals surface area contributed by atoms with E-state index >= 15 is 0 Å². The van der Waals surface area contributed by atoms with Crippen LogP contribution in [-0.2, 0) is 38.4 Å². The number of nitrogens with one attached hydrogen (secondary N) is 4. The maximum atomic E-state index is 12.8. The predicted molar refractivity (Wildman–Crippen MR) is 136 cm³/mol. The monoisotopic (exact) mass is 577 g/mol. The molecule has 0 bridgehead atoms. The number of aldehydes is 1. The van der Waals surface area contributed by atoms with Crippen molar-refractivity contribution in [3.63, 3.8) is 0 Å². The maximum Gasteiger partial charge on any atom is 0.305 e. The summed E-state index contributed by atoms with van der Waals surface area (Å²) in [6.45, 7) is 3.21. The first kappa shape index (κ1) is 35.3. The lowest BCUT2D eigenvalue weighted by Gasteiger charge is -2.25. The quantitative estimate of drug-likeness (QED) is 0.0726. The molecule has 0 aromatic carbocycles. The largest absolute Gasteiger partial charge is 0.481 e. The molecule has 39 heavy (non-hydrogen) atoms. The Bertz CT molecular complexity index is 930. The molecule has 0 saturated heterocycles. The standard InChI is InChI=1S/C22H35N5O11S/c1-10(2)18(23)22(38)27-14(8-17(33)34)21(37)26-13(7-16(31)32)20(36)25-12(6-15(29)30)19(35)24-11(9-28)4-5-39-3/h9-14,18H,4-8,23H2,1-3H3,(H,24,35)(H,25,36)(H,26,37)(H,27,38)(H,29,30)(H,31,32)(H,33,34)/t11-,12-,13-,14-,18-/m0/s1. The minimum Gasteiger partial charge on any atom is -0.481 e. The van der Waals surface area contributed by atoms with E-state index in [9.17, 15) is 43.5 Å². The first-order chi connectivity index (χ1) is 18.1. The van der Waals surface area contributed by atoms with Gasteiger partial charge in [0.15, 0.2) is 0 Å². The summed E-state index contributed by atoms with van der Waals surface area (Å²) in [6, 6.07) is -7.48. The molecule has 0 aliphatic carbocycles. The molecule has 9 N–H and O–H groups in total. The number of amides is 4. The molecule has 0 heterocycles. The Labute approximate surface area is 228 Å². The summed E-state index contributed by atoms with van der Waals surface area (Å²) in [4.78, 5) is 95.6. The average molecular weight is 578 g/mol. The van der Waals surface area contributed by atoms with Gasteiger partial charge in [-0.25, -0.2) is 0 Å². The van der Waals surface area contributed by atoms with E-state index in [1.54, 1.807) is 20.1 Å². The van der Waals surface area contributed by atoms with Crippen LogP contribution in [0.4, 0.5) is 0 Å². The minimum atomic E-state index is -1.90. The number of carboxylic acid groups (broad SMARTS) is 3. The Kier molecular flexibility index (Phi) is 16.0. The number of carbonyl (C=O) groups excluding carboxylic acids is 5. The van der Waals surface area contributed by atoms with E-state index in [1.165, 1.54) is 11.8 Å². The third kappa shape index (κ3) is 14.1. The summed E-state index contributed by atoms with van der Waals surface area (Å²) in [7, 11) is 0. The van der Waals surface area contributed by atoms with Gasteiger partial charge in [0.25, 0.3) is 0 Å². The van der Waals surface area contributed by atoms with Gasteiger partial charge in [0.1, 0.15) is 24.4 Å². The van der Waals surface area contributed by atoms with Crippen molar-refractivity contribution in [1.29, 1.82) is 0 Å². The van der Waals surface area contributed by atoms with Gasteiger partial charge in [-0.3, -0.25) is 33.6 Å². The molecule has 220 valence electrons. The van der Waals surface area contributed by atoms with Gasteiger partial charge in [0.2, 0.25) is 23.6 Å². The molecule has 4 amide bonds. The second kappa shape index (κ2) is 17.7. The van der Waals surface area contributed by atoms with Crippen molar-refractivity contribution < 1.29 is 53.7 Å². The van der Waals surface area contributed by atoms with Crippen LogP contribution in [0.3, 0.4) is 0 Å². The molecule has 5 atom stereocenters. The number of nitrogens with two attached hydrogens (primary N) is 1. The fourth-order valence-corrected chi connectivity index (χ4v) is 3.46. The highest BCUT2D eigenvalue weighted by Crippen LogP contribution is 2.05. The zero-order chi connectivity index (χ0) is 30.3. The molecule has 0 spiro atoms. The summed E-state index contributed by atoms with van der Waals surface area (Å²) in [5.74, 6) is -8.89. The van der Waals surface area contributed by atoms with Gasteiger partial charge in [0.05, 0.1) is 31.3 Å². The van der Waals surface area contributed by atoms with Crippen LogP contribution in [0.25, 0.3) is 0 Å². The second-order valence-electron chi connectivity index (χ2n) is 8.78. The number of hydrogen-bond donors (Lipinski definition) is 8. The zero-order valence-electron chi connectivity index (χ0n) is 21.7. The summed E-state index contributed by atoms with van der Waals surface area (Å²) in [5.41, 5.74) is 5.71. The third-order valence-electron chi connectivity index (χ3n) is 5.18. The number of hydrogen-bond acceptors (Lipinski definition) is 10. The molecule has 0 aromatic heterocycles. The van der Waals surface area contributed by atoms with Crippen LogP contribution in [0.15, 0.2) is 0 Å². The summed E-state index contributed by atoms with van der Waals surface area (Å²) < 4.78 is 0. The van der Waals surface area contributed by atoms with Gasteiger partial charge in [-0.1, -0.05) is 13.8 Å². The molecule has 17 heteroatoms. The van der Waals surface area contributed by atoms with E-state index in [-0.39, 0.29) is 12.3 Å². The number of aliphatic carboxylic acids is 3. The topological polar surface area (TPSA) is 271 Å². The van der Waals surface area contributed by atoms with Crippen LogP contribution in [0.2, 0.25) is 0 Å². The van der Waals surface area contributed by atoms with Crippen LogP contribution in [0, 0.1) is 5.92 Å². The van der Waals surface area contributed by atoms with E-state index in [2.05, 4.69) is 10.6 Å². The van der Waals surface area contributed by atoms with Crippen molar-refractivity contribution in [3.8, 4) is 0 Å². The number of carbonyl (C=O) groups is 8. The van der Waals surface area contributed by atoms with Gasteiger partial charge in [-0.05, 0) is 24.3 Å².